The fraction of sp³-hybridized carbons (Fsp3) is 0.167. The highest BCUT2D eigenvalue weighted by Crippen LogP contribution is 2.09. The van der Waals surface area contributed by atoms with E-state index in [0.29, 0.717) is 6.61 Å². The van der Waals surface area contributed by atoms with Crippen LogP contribution in [0.1, 0.15) is 5.56 Å². The van der Waals surface area contributed by atoms with E-state index in [1.54, 1.807) is 0 Å². The van der Waals surface area contributed by atoms with Crippen molar-refractivity contribution in [2.75, 3.05) is 6.61 Å². The summed E-state index contributed by atoms with van der Waals surface area (Å²) in [5, 5.41) is 1.83. The van der Waals surface area contributed by atoms with Gasteiger partial charge in [-0.15, -0.1) is 0 Å². The van der Waals surface area contributed by atoms with E-state index in [2.05, 4.69) is 0 Å². The summed E-state index contributed by atoms with van der Waals surface area (Å²) in [6, 6.07) is 3.76. The molecule has 0 saturated heterocycles. The van der Waals surface area contributed by atoms with E-state index < -0.39 is 5.78 Å². The summed E-state index contributed by atoms with van der Waals surface area (Å²) in [5.74, 6) is 0.0536. The van der Waals surface area contributed by atoms with Gasteiger partial charge in [0.1, 0.15) is 12.4 Å². The molecule has 0 saturated carbocycles. The number of benzene rings is 1. The first-order valence-corrected chi connectivity index (χ1v) is 4.79. The Kier molecular flexibility index (Phi) is 1.57. The van der Waals surface area contributed by atoms with Gasteiger partial charge in [0.2, 0.25) is 11.6 Å². The standard InChI is InChI=1S/C12H8O3/c13-10-4-8-3-7-1-2-15-12(7)6-9(8)5-11(10)14/h1,3,5-6H,2,4H2. The molecule has 0 atom stereocenters. The number of hydrogen-bond acceptors (Lipinski definition) is 3. The molecule has 1 aromatic carbocycles. The number of ketones is 2. The molecule has 1 aliphatic heterocycles. The molecule has 1 aromatic rings. The van der Waals surface area contributed by atoms with Crippen LogP contribution in [0.3, 0.4) is 0 Å². The van der Waals surface area contributed by atoms with E-state index in [9.17, 15) is 9.59 Å². The zero-order chi connectivity index (χ0) is 10.4. The maximum atomic E-state index is 11.2. The van der Waals surface area contributed by atoms with Crippen LogP contribution in [-0.4, -0.2) is 18.2 Å². The highest BCUT2D eigenvalue weighted by atomic mass is 16.5. The minimum atomic E-state index is -0.413. The lowest BCUT2D eigenvalue weighted by Crippen LogP contribution is -2.28. The summed E-state index contributed by atoms with van der Waals surface area (Å²) >= 11 is 0. The number of carbonyl (C=O) groups is 2. The Hall–Kier alpha value is -1.90. The van der Waals surface area contributed by atoms with Gasteiger partial charge in [-0.25, -0.2) is 0 Å². The van der Waals surface area contributed by atoms with E-state index in [1.807, 2.05) is 18.2 Å². The first-order valence-electron chi connectivity index (χ1n) is 4.79. The molecule has 15 heavy (non-hydrogen) atoms. The molecule has 0 amide bonds. The number of carbonyl (C=O) groups excluding carboxylic acids is 2. The van der Waals surface area contributed by atoms with Crippen molar-refractivity contribution >= 4 is 23.7 Å². The van der Waals surface area contributed by atoms with Gasteiger partial charge in [0.15, 0.2) is 0 Å². The van der Waals surface area contributed by atoms with Crippen LogP contribution >= 0.6 is 0 Å². The molecule has 1 heterocycles. The minimum Gasteiger partial charge on any atom is -0.489 e. The summed E-state index contributed by atoms with van der Waals surface area (Å²) < 4.78 is 5.35. The van der Waals surface area contributed by atoms with Crippen molar-refractivity contribution in [2.24, 2.45) is 0 Å². The van der Waals surface area contributed by atoms with Crippen molar-refractivity contribution in [3.63, 3.8) is 0 Å². The molecule has 0 radical (unpaired) electrons. The lowest BCUT2D eigenvalue weighted by atomic mass is 9.96. The number of Topliss-reactive ketones (excluding diaryl/α,β-unsaturated/α-hetero) is 2. The van der Waals surface area contributed by atoms with Crippen LogP contribution in [0, 0.1) is 0 Å². The molecule has 0 bridgehead atoms. The number of hydrogen-bond donors (Lipinski definition) is 0. The van der Waals surface area contributed by atoms with E-state index in [0.717, 1.165) is 21.8 Å². The van der Waals surface area contributed by atoms with Crippen LogP contribution in [0.2, 0.25) is 0 Å². The fourth-order valence-corrected chi connectivity index (χ4v) is 1.93. The lowest BCUT2D eigenvalue weighted by Gasteiger charge is -2.07. The van der Waals surface area contributed by atoms with Crippen LogP contribution in [0.15, 0.2) is 12.1 Å². The van der Waals surface area contributed by atoms with Crippen molar-refractivity contribution in [3.8, 4) is 5.75 Å². The predicted octanol–water partition coefficient (Wildman–Crippen LogP) is -0.666. The second-order valence-corrected chi connectivity index (χ2v) is 3.71. The maximum Gasteiger partial charge on any atom is 0.222 e. The average Bonchev–Trinajstić information content (AvgIpc) is 2.63. The molecule has 0 aromatic heterocycles. The summed E-state index contributed by atoms with van der Waals surface area (Å²) in [4.78, 5) is 22.4. The van der Waals surface area contributed by atoms with E-state index >= 15 is 0 Å². The van der Waals surface area contributed by atoms with Gasteiger partial charge < -0.3 is 4.74 Å². The molecule has 0 spiro atoms. The summed E-state index contributed by atoms with van der Waals surface area (Å²) in [5.41, 5.74) is 0.917. The molecule has 3 rings (SSSR count). The van der Waals surface area contributed by atoms with Crippen LogP contribution < -0.4 is 15.2 Å². The molecule has 3 heteroatoms. The fourth-order valence-electron chi connectivity index (χ4n) is 1.93. The largest absolute Gasteiger partial charge is 0.489 e. The monoisotopic (exact) mass is 200 g/mol. The van der Waals surface area contributed by atoms with E-state index in [-0.39, 0.29) is 12.2 Å². The van der Waals surface area contributed by atoms with Gasteiger partial charge in [-0.1, -0.05) is 0 Å². The Morgan fingerprint density at radius 3 is 2.87 bits per heavy atom. The Morgan fingerprint density at radius 1 is 1.13 bits per heavy atom. The third kappa shape index (κ3) is 1.20. The van der Waals surface area contributed by atoms with E-state index in [1.165, 1.54) is 6.08 Å². The van der Waals surface area contributed by atoms with Gasteiger partial charge in [0.25, 0.3) is 0 Å². The summed E-state index contributed by atoms with van der Waals surface area (Å²) in [7, 11) is 0. The zero-order valence-electron chi connectivity index (χ0n) is 7.95. The first-order chi connectivity index (χ1) is 7.24. The van der Waals surface area contributed by atoms with E-state index in [4.69, 9.17) is 4.74 Å². The SMILES string of the molecule is O=C1C=c2cc3c(cc2CC1=O)=CCO3. The Balaban J connectivity index is 2.32. The molecule has 2 aliphatic rings. The van der Waals surface area contributed by atoms with Gasteiger partial charge in [0.05, 0.1) is 0 Å². The summed E-state index contributed by atoms with van der Waals surface area (Å²) in [6.07, 6.45) is 3.57. The van der Waals surface area contributed by atoms with Gasteiger partial charge in [-0.05, 0) is 35.1 Å². The lowest BCUT2D eigenvalue weighted by molar-refractivity contribution is -0.132. The Labute approximate surface area is 85.7 Å². The molecule has 1 aliphatic carbocycles. The quantitative estimate of drug-likeness (QED) is 0.522. The third-order valence-corrected chi connectivity index (χ3v) is 2.73. The molecule has 0 N–H and O–H groups in total. The first kappa shape index (κ1) is 8.41. The predicted molar refractivity (Wildman–Crippen MR) is 53.8 cm³/mol. The van der Waals surface area contributed by atoms with Gasteiger partial charge in [-0.3, -0.25) is 9.59 Å². The second kappa shape index (κ2) is 2.79. The second-order valence-electron chi connectivity index (χ2n) is 3.71. The van der Waals surface area contributed by atoms with Crippen molar-refractivity contribution in [2.45, 2.75) is 6.42 Å². The zero-order valence-corrected chi connectivity index (χ0v) is 7.95. The van der Waals surface area contributed by atoms with Crippen LogP contribution in [0.5, 0.6) is 5.75 Å². The number of rotatable bonds is 0. The molecular weight excluding hydrogens is 192 g/mol. The molecular formula is C12H8O3. The van der Waals surface area contributed by atoms with Gasteiger partial charge >= 0.3 is 0 Å². The minimum absolute atomic E-state index is 0.214. The third-order valence-electron chi connectivity index (χ3n) is 2.73. The van der Waals surface area contributed by atoms with Crippen molar-refractivity contribution < 1.29 is 14.3 Å². The van der Waals surface area contributed by atoms with Crippen LogP contribution in [0.4, 0.5) is 0 Å². The average molecular weight is 200 g/mol. The normalized spacial score (nSPS) is 17.3. The highest BCUT2D eigenvalue weighted by molar-refractivity contribution is 6.49. The molecule has 0 unspecified atom stereocenters. The topological polar surface area (TPSA) is 43.4 Å². The molecule has 74 valence electrons. The highest BCUT2D eigenvalue weighted by Gasteiger charge is 2.19. The number of fused-ring (bicyclic) bond motifs is 2. The number of ether oxygens (including phenoxy) is 1. The van der Waals surface area contributed by atoms with Crippen LogP contribution in [-0.2, 0) is 16.0 Å². The van der Waals surface area contributed by atoms with Gasteiger partial charge in [0, 0.05) is 11.6 Å². The van der Waals surface area contributed by atoms with Crippen molar-refractivity contribution in [1.29, 1.82) is 0 Å². The molecule has 3 nitrogen and oxygen atoms in total. The maximum absolute atomic E-state index is 11.2. The van der Waals surface area contributed by atoms with Crippen LogP contribution in [0.25, 0.3) is 12.2 Å². The summed E-state index contributed by atoms with van der Waals surface area (Å²) in [6.45, 7) is 0.570. The van der Waals surface area contributed by atoms with Gasteiger partial charge in [-0.2, -0.15) is 0 Å². The van der Waals surface area contributed by atoms with Crippen molar-refractivity contribution in [3.05, 3.63) is 28.1 Å². The Bertz CT molecular complexity index is 596. The Morgan fingerprint density at radius 2 is 2.00 bits per heavy atom. The van der Waals surface area contributed by atoms with Crippen molar-refractivity contribution in [1.82, 2.24) is 0 Å². The molecule has 0 fully saturated rings. The smallest absolute Gasteiger partial charge is 0.222 e.